The standard InChI is InChI=1S/C13H18O3Si/c1-17(2,11-7-4-3-5-8-11)10-6-9-12(14)13(15)16/h3-5,7-8H,6,9-10H2,1-2H3,(H,15,16). The summed E-state index contributed by atoms with van der Waals surface area (Å²) in [6, 6.07) is 11.2. The van der Waals surface area contributed by atoms with E-state index in [1.54, 1.807) is 0 Å². The van der Waals surface area contributed by atoms with Crippen molar-refractivity contribution in [1.82, 2.24) is 0 Å². The molecule has 0 saturated heterocycles. The van der Waals surface area contributed by atoms with Crippen LogP contribution in [-0.2, 0) is 9.59 Å². The summed E-state index contributed by atoms with van der Waals surface area (Å²) in [6.45, 7) is 4.49. The maximum Gasteiger partial charge on any atom is 0.372 e. The molecule has 1 N–H and O–H groups in total. The van der Waals surface area contributed by atoms with Crippen LogP contribution in [0.4, 0.5) is 0 Å². The molecule has 0 fully saturated rings. The van der Waals surface area contributed by atoms with Gasteiger partial charge in [-0.15, -0.1) is 0 Å². The molecule has 3 nitrogen and oxygen atoms in total. The zero-order valence-electron chi connectivity index (χ0n) is 10.3. The molecular weight excluding hydrogens is 232 g/mol. The smallest absolute Gasteiger partial charge is 0.372 e. The van der Waals surface area contributed by atoms with Gasteiger partial charge in [-0.3, -0.25) is 4.79 Å². The summed E-state index contributed by atoms with van der Waals surface area (Å²) in [4.78, 5) is 21.4. The van der Waals surface area contributed by atoms with Crippen molar-refractivity contribution >= 4 is 25.0 Å². The number of rotatable bonds is 6. The van der Waals surface area contributed by atoms with E-state index in [-0.39, 0.29) is 6.42 Å². The molecule has 0 amide bonds. The van der Waals surface area contributed by atoms with Crippen LogP contribution < -0.4 is 5.19 Å². The predicted octanol–water partition coefficient (Wildman–Crippen LogP) is 2.04. The third-order valence-corrected chi connectivity index (χ3v) is 6.50. The van der Waals surface area contributed by atoms with Crippen molar-refractivity contribution in [3.8, 4) is 0 Å². The Morgan fingerprint density at radius 2 is 1.76 bits per heavy atom. The SMILES string of the molecule is C[Si](C)(CCCC(=O)C(=O)O)c1ccccc1. The van der Waals surface area contributed by atoms with E-state index in [1.165, 1.54) is 5.19 Å². The largest absolute Gasteiger partial charge is 0.476 e. The molecule has 17 heavy (non-hydrogen) atoms. The zero-order chi connectivity index (χ0) is 12.9. The lowest BCUT2D eigenvalue weighted by atomic mass is 10.2. The van der Waals surface area contributed by atoms with Gasteiger partial charge in [-0.25, -0.2) is 4.79 Å². The second kappa shape index (κ2) is 5.77. The minimum absolute atomic E-state index is 0.151. The molecule has 0 bridgehead atoms. The number of carboxylic acids is 1. The number of aliphatic carboxylic acids is 1. The molecular formula is C13H18O3Si. The van der Waals surface area contributed by atoms with Crippen molar-refractivity contribution in [3.05, 3.63) is 30.3 Å². The number of hydrogen-bond donors (Lipinski definition) is 1. The molecule has 92 valence electrons. The Labute approximate surface area is 102 Å². The maximum absolute atomic E-state index is 11.0. The number of carbonyl (C=O) groups excluding carboxylic acids is 1. The van der Waals surface area contributed by atoms with Gasteiger partial charge in [0.25, 0.3) is 0 Å². The summed E-state index contributed by atoms with van der Waals surface area (Å²) < 4.78 is 0. The predicted molar refractivity (Wildman–Crippen MR) is 70.2 cm³/mol. The van der Waals surface area contributed by atoms with Crippen molar-refractivity contribution in [2.24, 2.45) is 0 Å². The Bertz CT molecular complexity index is 398. The number of Topliss-reactive ketones (excluding diaryl/α,β-unsaturated/α-hetero) is 1. The fourth-order valence-electron chi connectivity index (χ4n) is 1.83. The van der Waals surface area contributed by atoms with Crippen LogP contribution in [0.1, 0.15) is 12.8 Å². The van der Waals surface area contributed by atoms with Crippen molar-refractivity contribution in [2.45, 2.75) is 32.0 Å². The Morgan fingerprint density at radius 1 is 1.18 bits per heavy atom. The van der Waals surface area contributed by atoms with Crippen LogP contribution >= 0.6 is 0 Å². The molecule has 1 aromatic rings. The minimum atomic E-state index is -1.53. The summed E-state index contributed by atoms with van der Waals surface area (Å²) in [5.74, 6) is -1.99. The highest BCUT2D eigenvalue weighted by Crippen LogP contribution is 2.14. The average molecular weight is 250 g/mol. The van der Waals surface area contributed by atoms with Crippen LogP contribution in [-0.4, -0.2) is 24.9 Å². The number of carbonyl (C=O) groups is 2. The van der Waals surface area contributed by atoms with E-state index in [2.05, 4.69) is 25.2 Å². The molecule has 4 heteroatoms. The summed E-state index contributed by atoms with van der Waals surface area (Å²) >= 11 is 0. The lowest BCUT2D eigenvalue weighted by Gasteiger charge is -2.22. The van der Waals surface area contributed by atoms with Gasteiger partial charge in [-0.05, 0) is 6.42 Å². The summed E-state index contributed by atoms with van der Waals surface area (Å²) in [7, 11) is -1.53. The topological polar surface area (TPSA) is 54.4 Å². The molecule has 0 atom stereocenters. The second-order valence-corrected chi connectivity index (χ2v) is 9.68. The highest BCUT2D eigenvalue weighted by Gasteiger charge is 2.23. The van der Waals surface area contributed by atoms with Crippen molar-refractivity contribution in [3.63, 3.8) is 0 Å². The van der Waals surface area contributed by atoms with Crippen LogP contribution in [0.3, 0.4) is 0 Å². The van der Waals surface area contributed by atoms with Gasteiger partial charge < -0.3 is 5.11 Å². The highest BCUT2D eigenvalue weighted by atomic mass is 28.3. The van der Waals surface area contributed by atoms with Crippen LogP contribution in [0.25, 0.3) is 0 Å². The van der Waals surface area contributed by atoms with Gasteiger partial charge in [0.2, 0.25) is 5.78 Å². The first-order valence-electron chi connectivity index (χ1n) is 5.75. The van der Waals surface area contributed by atoms with E-state index in [0.29, 0.717) is 6.42 Å². The summed E-state index contributed by atoms with van der Waals surface area (Å²) in [6.07, 6.45) is 0.817. The average Bonchev–Trinajstić information content (AvgIpc) is 2.29. The third kappa shape index (κ3) is 4.15. The molecule has 0 aromatic heterocycles. The molecule has 0 aliphatic carbocycles. The van der Waals surface area contributed by atoms with Gasteiger partial charge in [-0.2, -0.15) is 0 Å². The summed E-state index contributed by atoms with van der Waals surface area (Å²) in [5, 5.41) is 9.84. The quantitative estimate of drug-likeness (QED) is 0.621. The fraction of sp³-hybridized carbons (Fsp3) is 0.385. The molecule has 0 unspecified atom stereocenters. The first-order valence-corrected chi connectivity index (χ1v) is 8.96. The normalized spacial score (nSPS) is 11.2. The van der Waals surface area contributed by atoms with Gasteiger partial charge >= 0.3 is 5.97 Å². The first kappa shape index (κ1) is 13.6. The number of benzene rings is 1. The Balaban J connectivity index is 2.51. The molecule has 0 aliphatic heterocycles. The van der Waals surface area contributed by atoms with Crippen LogP contribution in [0.2, 0.25) is 19.1 Å². The van der Waals surface area contributed by atoms with Gasteiger partial charge in [0, 0.05) is 6.42 Å². The lowest BCUT2D eigenvalue weighted by molar-refractivity contribution is -0.149. The third-order valence-electron chi connectivity index (χ3n) is 3.00. The van der Waals surface area contributed by atoms with Crippen molar-refractivity contribution in [1.29, 1.82) is 0 Å². The Hall–Kier alpha value is -1.42. The van der Waals surface area contributed by atoms with Crippen LogP contribution in [0, 0.1) is 0 Å². The minimum Gasteiger partial charge on any atom is -0.476 e. The van der Waals surface area contributed by atoms with Gasteiger partial charge in [0.15, 0.2) is 0 Å². The van der Waals surface area contributed by atoms with E-state index in [9.17, 15) is 9.59 Å². The Morgan fingerprint density at radius 3 is 2.29 bits per heavy atom. The monoisotopic (exact) mass is 250 g/mol. The number of ketones is 1. The van der Waals surface area contributed by atoms with E-state index >= 15 is 0 Å². The molecule has 0 spiro atoms. The molecule has 0 aliphatic rings. The molecule has 0 saturated carbocycles. The van der Waals surface area contributed by atoms with Crippen molar-refractivity contribution < 1.29 is 14.7 Å². The zero-order valence-corrected chi connectivity index (χ0v) is 11.3. The van der Waals surface area contributed by atoms with Gasteiger partial charge in [-0.1, -0.05) is 54.7 Å². The molecule has 0 heterocycles. The van der Waals surface area contributed by atoms with Gasteiger partial charge in [0.05, 0.1) is 8.07 Å². The van der Waals surface area contributed by atoms with E-state index in [1.807, 2.05) is 18.2 Å². The van der Waals surface area contributed by atoms with E-state index in [0.717, 1.165) is 6.04 Å². The Kier molecular flexibility index (Phi) is 4.63. The van der Waals surface area contributed by atoms with Crippen LogP contribution in [0.15, 0.2) is 30.3 Å². The number of hydrogen-bond acceptors (Lipinski definition) is 2. The molecule has 0 radical (unpaired) electrons. The van der Waals surface area contributed by atoms with Crippen LogP contribution in [0.5, 0.6) is 0 Å². The van der Waals surface area contributed by atoms with Gasteiger partial charge in [0.1, 0.15) is 0 Å². The summed E-state index contributed by atoms with van der Waals surface area (Å²) in [5.41, 5.74) is 0. The molecule has 1 aromatic carbocycles. The number of carboxylic acid groups (broad SMARTS) is 1. The first-order chi connectivity index (χ1) is 7.93. The van der Waals surface area contributed by atoms with E-state index < -0.39 is 19.8 Å². The molecule has 1 rings (SSSR count). The second-order valence-electron chi connectivity index (χ2n) is 4.83. The van der Waals surface area contributed by atoms with E-state index in [4.69, 9.17) is 5.11 Å². The fourth-order valence-corrected chi connectivity index (χ4v) is 4.28. The highest BCUT2D eigenvalue weighted by molar-refractivity contribution is 6.89. The lowest BCUT2D eigenvalue weighted by Crippen LogP contribution is -2.41. The van der Waals surface area contributed by atoms with Crippen molar-refractivity contribution in [2.75, 3.05) is 0 Å². The maximum atomic E-state index is 11.0.